The highest BCUT2D eigenvalue weighted by atomic mass is 16.5. The van der Waals surface area contributed by atoms with Crippen LogP contribution < -0.4 is 5.43 Å². The maximum atomic E-state index is 12.5. The Kier molecular flexibility index (Phi) is 3.44. The van der Waals surface area contributed by atoms with Crippen molar-refractivity contribution in [2.75, 3.05) is 6.61 Å². The summed E-state index contributed by atoms with van der Waals surface area (Å²) in [7, 11) is 0. The van der Waals surface area contributed by atoms with Gasteiger partial charge in [-0.15, -0.1) is 0 Å². The van der Waals surface area contributed by atoms with Gasteiger partial charge >= 0.3 is 5.97 Å². The molecule has 0 amide bonds. The van der Waals surface area contributed by atoms with Crippen molar-refractivity contribution in [3.63, 3.8) is 0 Å². The molecular formula is C17H14O4. The van der Waals surface area contributed by atoms with Crippen LogP contribution in [0.3, 0.4) is 0 Å². The Morgan fingerprint density at radius 1 is 1.10 bits per heavy atom. The first-order valence-electron chi connectivity index (χ1n) is 6.79. The van der Waals surface area contributed by atoms with Crippen LogP contribution in [0.25, 0.3) is 21.9 Å². The van der Waals surface area contributed by atoms with E-state index >= 15 is 0 Å². The van der Waals surface area contributed by atoms with Crippen LogP contribution in [-0.4, -0.2) is 12.6 Å². The van der Waals surface area contributed by atoms with Gasteiger partial charge in [0.05, 0.1) is 23.8 Å². The Bertz CT molecular complexity index is 877. The largest absolute Gasteiger partial charge is 0.466 e. The fourth-order valence-electron chi connectivity index (χ4n) is 2.39. The maximum absolute atomic E-state index is 12.5. The zero-order valence-corrected chi connectivity index (χ0v) is 11.6. The zero-order chi connectivity index (χ0) is 14.8. The number of para-hydroxylation sites is 2. The molecule has 1 aromatic heterocycles. The number of esters is 1. The summed E-state index contributed by atoms with van der Waals surface area (Å²) >= 11 is 0. The Balaban J connectivity index is 2.23. The molecule has 0 bridgehead atoms. The van der Waals surface area contributed by atoms with Crippen LogP contribution in [0, 0.1) is 0 Å². The molecule has 4 nitrogen and oxygen atoms in total. The minimum absolute atomic E-state index is 0.0856. The first-order valence-corrected chi connectivity index (χ1v) is 6.79. The van der Waals surface area contributed by atoms with Crippen molar-refractivity contribution in [2.24, 2.45) is 0 Å². The minimum Gasteiger partial charge on any atom is -0.466 e. The van der Waals surface area contributed by atoms with Gasteiger partial charge in [-0.1, -0.05) is 24.3 Å². The molecule has 0 aliphatic carbocycles. The van der Waals surface area contributed by atoms with Gasteiger partial charge in [0.25, 0.3) is 0 Å². The molecule has 3 aromatic rings. The van der Waals surface area contributed by atoms with Gasteiger partial charge in [0, 0.05) is 5.56 Å². The number of carbonyl (C=O) groups excluding carboxylic acids is 1. The second-order valence-corrected chi connectivity index (χ2v) is 4.70. The van der Waals surface area contributed by atoms with Gasteiger partial charge in [-0.3, -0.25) is 9.59 Å². The molecule has 2 aromatic carbocycles. The molecule has 0 saturated carbocycles. The highest BCUT2D eigenvalue weighted by Gasteiger charge is 2.13. The van der Waals surface area contributed by atoms with Crippen LogP contribution in [-0.2, 0) is 16.0 Å². The molecule has 0 N–H and O–H groups in total. The van der Waals surface area contributed by atoms with Gasteiger partial charge in [-0.05, 0) is 25.1 Å². The lowest BCUT2D eigenvalue weighted by atomic mass is 10.1. The highest BCUT2D eigenvalue weighted by molar-refractivity contribution is 5.92. The van der Waals surface area contributed by atoms with E-state index in [1.807, 2.05) is 6.07 Å². The summed E-state index contributed by atoms with van der Waals surface area (Å²) in [5.41, 5.74) is 1.55. The number of hydrogen-bond donors (Lipinski definition) is 0. The van der Waals surface area contributed by atoms with E-state index in [-0.39, 0.29) is 17.8 Å². The number of ether oxygens (including phenoxy) is 1. The SMILES string of the molecule is CCOC(=O)Cc1cccc2c(=O)c3ccccc3oc12. The van der Waals surface area contributed by atoms with E-state index < -0.39 is 0 Å². The van der Waals surface area contributed by atoms with E-state index in [2.05, 4.69) is 0 Å². The molecule has 106 valence electrons. The van der Waals surface area contributed by atoms with Crippen LogP contribution in [0.1, 0.15) is 12.5 Å². The summed E-state index contributed by atoms with van der Waals surface area (Å²) in [4.78, 5) is 24.1. The monoisotopic (exact) mass is 282 g/mol. The average Bonchev–Trinajstić information content (AvgIpc) is 2.49. The van der Waals surface area contributed by atoms with Gasteiger partial charge in [0.1, 0.15) is 11.2 Å². The standard InChI is InChI=1S/C17H14O4/c1-2-20-15(18)10-11-6-5-8-13-16(19)12-7-3-4-9-14(12)21-17(11)13/h3-9H,2,10H2,1H3. The van der Waals surface area contributed by atoms with Gasteiger partial charge < -0.3 is 9.15 Å². The van der Waals surface area contributed by atoms with Crippen LogP contribution in [0.2, 0.25) is 0 Å². The third-order valence-corrected chi connectivity index (χ3v) is 3.33. The Morgan fingerprint density at radius 3 is 2.67 bits per heavy atom. The predicted molar refractivity (Wildman–Crippen MR) is 80.3 cm³/mol. The molecule has 1 heterocycles. The number of benzene rings is 2. The molecule has 0 aliphatic heterocycles. The molecule has 0 unspecified atom stereocenters. The number of rotatable bonds is 3. The lowest BCUT2D eigenvalue weighted by Crippen LogP contribution is -2.09. The van der Waals surface area contributed by atoms with E-state index in [4.69, 9.17) is 9.15 Å². The molecule has 3 rings (SSSR count). The van der Waals surface area contributed by atoms with Crippen molar-refractivity contribution in [3.05, 3.63) is 58.3 Å². The Morgan fingerprint density at radius 2 is 1.86 bits per heavy atom. The summed E-state index contributed by atoms with van der Waals surface area (Å²) in [6.45, 7) is 2.09. The Labute approximate surface area is 120 Å². The average molecular weight is 282 g/mol. The lowest BCUT2D eigenvalue weighted by Gasteiger charge is -2.06. The molecule has 21 heavy (non-hydrogen) atoms. The topological polar surface area (TPSA) is 56.5 Å². The van der Waals surface area contributed by atoms with Crippen molar-refractivity contribution in [1.29, 1.82) is 0 Å². The van der Waals surface area contributed by atoms with Crippen molar-refractivity contribution >= 4 is 27.9 Å². The highest BCUT2D eigenvalue weighted by Crippen LogP contribution is 2.22. The van der Waals surface area contributed by atoms with Crippen LogP contribution >= 0.6 is 0 Å². The molecule has 0 aliphatic rings. The van der Waals surface area contributed by atoms with Crippen molar-refractivity contribution < 1.29 is 13.9 Å². The first-order chi connectivity index (χ1) is 10.2. The first kappa shape index (κ1) is 13.4. The number of fused-ring (bicyclic) bond motifs is 2. The fourth-order valence-corrected chi connectivity index (χ4v) is 2.39. The molecule has 4 heteroatoms. The number of carbonyl (C=O) groups is 1. The van der Waals surface area contributed by atoms with Gasteiger partial charge in [0.2, 0.25) is 5.43 Å². The molecular weight excluding hydrogens is 268 g/mol. The van der Waals surface area contributed by atoms with Gasteiger partial charge in [-0.25, -0.2) is 0 Å². The summed E-state index contributed by atoms with van der Waals surface area (Å²) in [5, 5.41) is 1.02. The van der Waals surface area contributed by atoms with E-state index in [1.165, 1.54) is 0 Å². The number of hydrogen-bond acceptors (Lipinski definition) is 4. The maximum Gasteiger partial charge on any atom is 0.310 e. The van der Waals surface area contributed by atoms with E-state index in [9.17, 15) is 9.59 Å². The lowest BCUT2D eigenvalue weighted by molar-refractivity contribution is -0.142. The quantitative estimate of drug-likeness (QED) is 0.547. The van der Waals surface area contributed by atoms with Crippen LogP contribution in [0.15, 0.2) is 51.7 Å². The molecule has 0 fully saturated rings. The van der Waals surface area contributed by atoms with Crippen LogP contribution in [0.5, 0.6) is 0 Å². The summed E-state index contributed by atoms with van der Waals surface area (Å²) < 4.78 is 10.8. The van der Waals surface area contributed by atoms with Crippen molar-refractivity contribution in [1.82, 2.24) is 0 Å². The van der Waals surface area contributed by atoms with Crippen molar-refractivity contribution in [3.8, 4) is 0 Å². The second kappa shape index (κ2) is 5.40. The zero-order valence-electron chi connectivity index (χ0n) is 11.6. The molecule has 0 atom stereocenters. The molecule has 0 saturated heterocycles. The smallest absolute Gasteiger partial charge is 0.310 e. The van der Waals surface area contributed by atoms with Gasteiger partial charge in [0.15, 0.2) is 0 Å². The third kappa shape index (κ3) is 2.40. The Hall–Kier alpha value is -2.62. The minimum atomic E-state index is -0.333. The normalized spacial score (nSPS) is 10.9. The molecule has 0 spiro atoms. The van der Waals surface area contributed by atoms with E-state index in [1.54, 1.807) is 43.3 Å². The van der Waals surface area contributed by atoms with E-state index in [0.29, 0.717) is 34.1 Å². The second-order valence-electron chi connectivity index (χ2n) is 4.70. The molecule has 0 radical (unpaired) electrons. The third-order valence-electron chi connectivity index (χ3n) is 3.33. The van der Waals surface area contributed by atoms with Gasteiger partial charge in [-0.2, -0.15) is 0 Å². The van der Waals surface area contributed by atoms with Crippen LogP contribution in [0.4, 0.5) is 0 Å². The van der Waals surface area contributed by atoms with Crippen molar-refractivity contribution in [2.45, 2.75) is 13.3 Å². The van der Waals surface area contributed by atoms with E-state index in [0.717, 1.165) is 0 Å². The predicted octanol–water partition coefficient (Wildman–Crippen LogP) is 3.05. The summed E-state index contributed by atoms with van der Waals surface area (Å²) in [6.07, 6.45) is 0.0897. The summed E-state index contributed by atoms with van der Waals surface area (Å²) in [5.74, 6) is -0.333. The summed E-state index contributed by atoms with van der Waals surface area (Å²) in [6, 6.07) is 12.3. The fraction of sp³-hybridized carbons (Fsp3) is 0.176.